The molecule has 0 atom stereocenters. The van der Waals surface area contributed by atoms with Crippen LogP contribution in [-0.4, -0.2) is 6.61 Å². The first-order valence-electron chi connectivity index (χ1n) is 11.8. The smallest absolute Gasteiger partial charge is 0.138 e. The summed E-state index contributed by atoms with van der Waals surface area (Å²) in [5, 5.41) is 1.70. The van der Waals surface area contributed by atoms with E-state index in [9.17, 15) is 0 Å². The van der Waals surface area contributed by atoms with E-state index in [1.165, 1.54) is 50.5 Å². The molecule has 0 saturated heterocycles. The SMILES string of the molecule is C=CCOc1ccc(-c2ccc3cc(C4CCC(CCCC)CC4)ccc3c2F)cc1. The van der Waals surface area contributed by atoms with Gasteiger partial charge in [-0.15, -0.1) is 0 Å². The monoisotopic (exact) mass is 416 g/mol. The fourth-order valence-electron chi connectivity index (χ4n) is 4.95. The summed E-state index contributed by atoms with van der Waals surface area (Å²) in [7, 11) is 0. The lowest BCUT2D eigenvalue weighted by molar-refractivity contribution is 0.304. The van der Waals surface area contributed by atoms with Crippen molar-refractivity contribution in [3.05, 3.63) is 78.6 Å². The van der Waals surface area contributed by atoms with E-state index in [1.54, 1.807) is 6.08 Å². The molecule has 31 heavy (non-hydrogen) atoms. The van der Waals surface area contributed by atoms with Gasteiger partial charge in [-0.3, -0.25) is 0 Å². The molecular formula is C29H33FO. The third-order valence-corrected chi connectivity index (χ3v) is 6.80. The molecule has 0 unspecified atom stereocenters. The number of hydrogen-bond donors (Lipinski definition) is 0. The summed E-state index contributed by atoms with van der Waals surface area (Å²) in [6.45, 7) is 6.40. The van der Waals surface area contributed by atoms with Gasteiger partial charge < -0.3 is 4.74 Å². The van der Waals surface area contributed by atoms with E-state index in [-0.39, 0.29) is 5.82 Å². The molecule has 3 aromatic carbocycles. The molecular weight excluding hydrogens is 383 g/mol. The maximum Gasteiger partial charge on any atom is 0.138 e. The number of halogens is 1. The zero-order valence-corrected chi connectivity index (χ0v) is 18.6. The van der Waals surface area contributed by atoms with Gasteiger partial charge in [0.25, 0.3) is 0 Å². The van der Waals surface area contributed by atoms with Crippen molar-refractivity contribution >= 4 is 10.8 Å². The summed E-state index contributed by atoms with van der Waals surface area (Å²) in [6, 6.07) is 17.9. The molecule has 0 aromatic heterocycles. The van der Waals surface area contributed by atoms with Gasteiger partial charge in [-0.25, -0.2) is 4.39 Å². The first-order chi connectivity index (χ1) is 15.2. The van der Waals surface area contributed by atoms with E-state index in [0.717, 1.165) is 22.6 Å². The Kier molecular flexibility index (Phi) is 7.06. The summed E-state index contributed by atoms with van der Waals surface area (Å²) in [5.41, 5.74) is 2.86. The molecule has 0 amide bonds. The predicted octanol–water partition coefficient (Wildman–Crippen LogP) is 8.67. The topological polar surface area (TPSA) is 9.23 Å². The molecule has 1 saturated carbocycles. The predicted molar refractivity (Wildman–Crippen MR) is 129 cm³/mol. The number of ether oxygens (including phenoxy) is 1. The van der Waals surface area contributed by atoms with Crippen molar-refractivity contribution in [1.82, 2.24) is 0 Å². The molecule has 3 aromatic rings. The third kappa shape index (κ3) is 5.01. The van der Waals surface area contributed by atoms with Gasteiger partial charge in [-0.2, -0.15) is 0 Å². The average Bonchev–Trinajstić information content (AvgIpc) is 2.82. The van der Waals surface area contributed by atoms with Gasteiger partial charge in [-0.05, 0) is 66.2 Å². The maximum absolute atomic E-state index is 15.4. The molecule has 1 nitrogen and oxygen atoms in total. The number of benzene rings is 3. The van der Waals surface area contributed by atoms with Crippen LogP contribution in [-0.2, 0) is 0 Å². The minimum absolute atomic E-state index is 0.146. The molecule has 2 heteroatoms. The van der Waals surface area contributed by atoms with Crippen molar-refractivity contribution < 1.29 is 9.13 Å². The van der Waals surface area contributed by atoms with Crippen LogP contribution in [0.15, 0.2) is 67.3 Å². The fourth-order valence-corrected chi connectivity index (χ4v) is 4.95. The van der Waals surface area contributed by atoms with Crippen LogP contribution < -0.4 is 4.74 Å². The minimum Gasteiger partial charge on any atom is -0.490 e. The standard InChI is InChI=1S/C29H33FO/c1-3-5-6-21-7-9-22(10-8-21)24-13-17-28-25(20-24)14-18-27(29(28)30)23-11-15-26(16-12-23)31-19-4-2/h4,11-18,20-22H,2-3,5-10,19H2,1H3. The van der Waals surface area contributed by atoms with Crippen LogP contribution in [0, 0.1) is 11.7 Å². The van der Waals surface area contributed by atoms with Gasteiger partial charge in [0.15, 0.2) is 0 Å². The van der Waals surface area contributed by atoms with Gasteiger partial charge in [0.2, 0.25) is 0 Å². The zero-order valence-electron chi connectivity index (χ0n) is 18.6. The van der Waals surface area contributed by atoms with Crippen LogP contribution in [0.1, 0.15) is 63.4 Å². The highest BCUT2D eigenvalue weighted by atomic mass is 19.1. The molecule has 1 aliphatic carbocycles. The lowest BCUT2D eigenvalue weighted by atomic mass is 9.77. The molecule has 0 aliphatic heterocycles. The zero-order chi connectivity index (χ0) is 21.6. The van der Waals surface area contributed by atoms with Gasteiger partial charge in [0.1, 0.15) is 18.2 Å². The lowest BCUT2D eigenvalue weighted by Crippen LogP contribution is -2.13. The van der Waals surface area contributed by atoms with Crippen LogP contribution >= 0.6 is 0 Å². The molecule has 0 bridgehead atoms. The summed E-state index contributed by atoms with van der Waals surface area (Å²) >= 11 is 0. The Morgan fingerprint density at radius 1 is 1.00 bits per heavy atom. The second kappa shape index (κ2) is 10.1. The maximum atomic E-state index is 15.4. The second-order valence-corrected chi connectivity index (χ2v) is 8.89. The van der Waals surface area contributed by atoms with E-state index in [1.807, 2.05) is 36.4 Å². The molecule has 0 radical (unpaired) electrons. The summed E-state index contributed by atoms with van der Waals surface area (Å²) in [6.07, 6.45) is 11.0. The van der Waals surface area contributed by atoms with Crippen molar-refractivity contribution in [2.45, 2.75) is 57.8 Å². The molecule has 1 aliphatic rings. The van der Waals surface area contributed by atoms with E-state index < -0.39 is 0 Å². The van der Waals surface area contributed by atoms with Crippen molar-refractivity contribution in [2.75, 3.05) is 6.61 Å². The Morgan fingerprint density at radius 3 is 2.48 bits per heavy atom. The van der Waals surface area contributed by atoms with Crippen molar-refractivity contribution in [1.29, 1.82) is 0 Å². The molecule has 1 fully saturated rings. The Hall–Kier alpha value is -2.61. The Bertz CT molecular complexity index is 1010. The Morgan fingerprint density at radius 2 is 1.77 bits per heavy atom. The molecule has 0 N–H and O–H groups in total. The van der Waals surface area contributed by atoms with Crippen molar-refractivity contribution in [3.63, 3.8) is 0 Å². The summed E-state index contributed by atoms with van der Waals surface area (Å²) < 4.78 is 20.9. The molecule has 4 rings (SSSR count). The van der Waals surface area contributed by atoms with Crippen LogP contribution in [0.25, 0.3) is 21.9 Å². The largest absolute Gasteiger partial charge is 0.490 e. The number of unbranched alkanes of at least 4 members (excludes halogenated alkanes) is 1. The van der Waals surface area contributed by atoms with Crippen LogP contribution in [0.4, 0.5) is 4.39 Å². The van der Waals surface area contributed by atoms with Crippen molar-refractivity contribution in [3.8, 4) is 16.9 Å². The summed E-state index contributed by atoms with van der Waals surface area (Å²) in [4.78, 5) is 0. The van der Waals surface area contributed by atoms with E-state index in [2.05, 4.69) is 31.7 Å². The van der Waals surface area contributed by atoms with Crippen LogP contribution in [0.5, 0.6) is 5.75 Å². The molecule has 0 heterocycles. The quantitative estimate of drug-likeness (QED) is 0.334. The van der Waals surface area contributed by atoms with E-state index in [4.69, 9.17) is 4.74 Å². The minimum atomic E-state index is -0.146. The fraction of sp³-hybridized carbons (Fsp3) is 0.379. The lowest BCUT2D eigenvalue weighted by Gasteiger charge is -2.29. The van der Waals surface area contributed by atoms with Crippen LogP contribution in [0.3, 0.4) is 0 Å². The van der Waals surface area contributed by atoms with Gasteiger partial charge in [0.05, 0.1) is 0 Å². The molecule has 0 spiro atoms. The first-order valence-corrected chi connectivity index (χ1v) is 11.8. The van der Waals surface area contributed by atoms with E-state index >= 15 is 4.39 Å². The highest BCUT2D eigenvalue weighted by molar-refractivity contribution is 5.89. The number of rotatable bonds is 8. The first kappa shape index (κ1) is 21.6. The van der Waals surface area contributed by atoms with Gasteiger partial charge in [0, 0.05) is 10.9 Å². The van der Waals surface area contributed by atoms with E-state index in [0.29, 0.717) is 23.5 Å². The summed E-state index contributed by atoms with van der Waals surface area (Å²) in [5.74, 6) is 2.14. The van der Waals surface area contributed by atoms with Gasteiger partial charge >= 0.3 is 0 Å². The number of fused-ring (bicyclic) bond motifs is 1. The van der Waals surface area contributed by atoms with Gasteiger partial charge in [-0.1, -0.05) is 81.3 Å². The highest BCUT2D eigenvalue weighted by Gasteiger charge is 2.22. The second-order valence-electron chi connectivity index (χ2n) is 8.89. The average molecular weight is 417 g/mol. The third-order valence-electron chi connectivity index (χ3n) is 6.80. The highest BCUT2D eigenvalue weighted by Crippen LogP contribution is 2.39. The molecule has 162 valence electrons. The van der Waals surface area contributed by atoms with Crippen molar-refractivity contribution in [2.24, 2.45) is 5.92 Å². The van der Waals surface area contributed by atoms with Crippen LogP contribution in [0.2, 0.25) is 0 Å². The number of hydrogen-bond acceptors (Lipinski definition) is 1. The Labute approximate surface area is 185 Å². The normalized spacial score (nSPS) is 18.8. The Balaban J connectivity index is 1.51.